The second kappa shape index (κ2) is 5.41. The summed E-state index contributed by atoms with van der Waals surface area (Å²) in [5.74, 6) is 5.72. The Balaban J connectivity index is 1.81. The number of nitrogens with zero attached hydrogens (tertiary/aromatic N) is 1. The van der Waals surface area contributed by atoms with Gasteiger partial charge in [-0.3, -0.25) is 11.3 Å². The second-order valence-electron chi connectivity index (χ2n) is 5.18. The van der Waals surface area contributed by atoms with Crippen LogP contribution in [0.15, 0.2) is 23.7 Å². The van der Waals surface area contributed by atoms with E-state index >= 15 is 0 Å². The first-order valence-electron chi connectivity index (χ1n) is 6.74. The van der Waals surface area contributed by atoms with Gasteiger partial charge in [-0.05, 0) is 49.3 Å². The summed E-state index contributed by atoms with van der Waals surface area (Å²) in [6.45, 7) is 2.04. The lowest BCUT2D eigenvalue weighted by atomic mass is 10.00. The van der Waals surface area contributed by atoms with Gasteiger partial charge in [0.25, 0.3) is 0 Å². The quantitative estimate of drug-likeness (QED) is 0.665. The van der Waals surface area contributed by atoms with Crippen LogP contribution in [0.5, 0.6) is 0 Å². The average Bonchev–Trinajstić information content (AvgIpc) is 3.04. The first-order valence-corrected chi connectivity index (χ1v) is 7.62. The van der Waals surface area contributed by atoms with Crippen LogP contribution >= 0.6 is 11.3 Å². The maximum Gasteiger partial charge on any atom is 0.0798 e. The molecule has 4 heteroatoms. The van der Waals surface area contributed by atoms with Crippen LogP contribution in [0, 0.1) is 6.92 Å². The van der Waals surface area contributed by atoms with Crippen molar-refractivity contribution in [3.8, 4) is 0 Å². The molecule has 1 unspecified atom stereocenters. The average molecular weight is 273 g/mol. The first kappa shape index (κ1) is 12.8. The highest BCUT2D eigenvalue weighted by Gasteiger charge is 2.17. The van der Waals surface area contributed by atoms with E-state index in [1.807, 2.05) is 12.4 Å². The van der Waals surface area contributed by atoms with Crippen LogP contribution in [0.25, 0.3) is 0 Å². The zero-order valence-corrected chi connectivity index (χ0v) is 12.0. The van der Waals surface area contributed by atoms with Crippen LogP contribution in [0.3, 0.4) is 0 Å². The molecule has 1 aromatic carbocycles. The maximum absolute atomic E-state index is 5.72. The van der Waals surface area contributed by atoms with Crippen molar-refractivity contribution < 1.29 is 0 Å². The molecule has 19 heavy (non-hydrogen) atoms. The van der Waals surface area contributed by atoms with Crippen molar-refractivity contribution >= 4 is 11.3 Å². The van der Waals surface area contributed by atoms with Crippen molar-refractivity contribution in [3.05, 3.63) is 51.0 Å². The molecule has 0 radical (unpaired) electrons. The predicted octanol–water partition coefficient (Wildman–Crippen LogP) is 2.69. The monoisotopic (exact) mass is 273 g/mol. The lowest BCUT2D eigenvalue weighted by Gasteiger charge is -2.15. The van der Waals surface area contributed by atoms with Gasteiger partial charge in [0, 0.05) is 4.88 Å². The normalized spacial score (nSPS) is 15.5. The van der Waals surface area contributed by atoms with E-state index in [0.29, 0.717) is 0 Å². The Morgan fingerprint density at radius 1 is 1.37 bits per heavy atom. The minimum absolute atomic E-state index is 0.159. The summed E-state index contributed by atoms with van der Waals surface area (Å²) in [5, 5.41) is 0. The van der Waals surface area contributed by atoms with Gasteiger partial charge in [0.05, 0.1) is 17.2 Å². The van der Waals surface area contributed by atoms with E-state index in [1.54, 1.807) is 11.3 Å². The van der Waals surface area contributed by atoms with Gasteiger partial charge < -0.3 is 0 Å². The Hall–Kier alpha value is -1.23. The molecule has 1 aliphatic carbocycles. The molecule has 1 aromatic heterocycles. The molecule has 0 spiro atoms. The summed E-state index contributed by atoms with van der Waals surface area (Å²) >= 11 is 1.67. The predicted molar refractivity (Wildman–Crippen MR) is 79.1 cm³/mol. The first-order chi connectivity index (χ1) is 9.28. The Morgan fingerprint density at radius 2 is 2.21 bits per heavy atom. The van der Waals surface area contributed by atoms with E-state index in [1.165, 1.54) is 40.8 Å². The molecule has 0 bridgehead atoms. The standard InChI is InChI=1S/C15H19N3S/c1-10-15(19-9-17-10)14(18-16)8-11-5-6-12-3-2-4-13(12)7-11/h5-7,9,14,18H,2-4,8,16H2,1H3. The summed E-state index contributed by atoms with van der Waals surface area (Å²) in [5.41, 5.74) is 10.3. The smallest absolute Gasteiger partial charge is 0.0798 e. The Kier molecular flexibility index (Phi) is 3.64. The number of hydrogen-bond acceptors (Lipinski definition) is 4. The molecule has 2 aromatic rings. The molecular weight excluding hydrogens is 254 g/mol. The highest BCUT2D eigenvalue weighted by Crippen LogP contribution is 2.27. The minimum Gasteiger partial charge on any atom is -0.271 e. The van der Waals surface area contributed by atoms with Crippen molar-refractivity contribution in [3.63, 3.8) is 0 Å². The summed E-state index contributed by atoms with van der Waals surface area (Å²) in [6.07, 6.45) is 4.68. The molecule has 0 saturated carbocycles. The number of hydrazine groups is 1. The van der Waals surface area contributed by atoms with Crippen molar-refractivity contribution in [1.82, 2.24) is 10.4 Å². The number of nitrogens with one attached hydrogen (secondary N) is 1. The van der Waals surface area contributed by atoms with Crippen LogP contribution in [0.2, 0.25) is 0 Å². The van der Waals surface area contributed by atoms with Crippen LogP contribution in [-0.2, 0) is 19.3 Å². The van der Waals surface area contributed by atoms with Gasteiger partial charge in [0.15, 0.2) is 0 Å². The van der Waals surface area contributed by atoms with Gasteiger partial charge in [0.2, 0.25) is 0 Å². The van der Waals surface area contributed by atoms with Gasteiger partial charge in [0.1, 0.15) is 0 Å². The van der Waals surface area contributed by atoms with Crippen molar-refractivity contribution in [2.24, 2.45) is 5.84 Å². The fraction of sp³-hybridized carbons (Fsp3) is 0.400. The zero-order valence-electron chi connectivity index (χ0n) is 11.1. The highest BCUT2D eigenvalue weighted by molar-refractivity contribution is 7.09. The molecule has 3 N–H and O–H groups in total. The second-order valence-corrected chi connectivity index (χ2v) is 6.07. The molecule has 1 atom stereocenters. The summed E-state index contributed by atoms with van der Waals surface area (Å²) < 4.78 is 0. The summed E-state index contributed by atoms with van der Waals surface area (Å²) in [7, 11) is 0. The van der Waals surface area contributed by atoms with E-state index in [-0.39, 0.29) is 6.04 Å². The molecule has 0 fully saturated rings. The number of nitrogens with two attached hydrogens (primary N) is 1. The molecule has 0 aliphatic heterocycles. The maximum atomic E-state index is 5.72. The SMILES string of the molecule is Cc1ncsc1C(Cc1ccc2c(c1)CCC2)NN. The third-order valence-corrected chi connectivity index (χ3v) is 4.95. The van der Waals surface area contributed by atoms with E-state index in [4.69, 9.17) is 5.84 Å². The number of hydrogen-bond donors (Lipinski definition) is 2. The van der Waals surface area contributed by atoms with Crippen LogP contribution in [-0.4, -0.2) is 4.98 Å². The fourth-order valence-electron chi connectivity index (χ4n) is 2.86. The number of thiazole rings is 1. The lowest BCUT2D eigenvalue weighted by Crippen LogP contribution is -2.29. The summed E-state index contributed by atoms with van der Waals surface area (Å²) in [4.78, 5) is 5.55. The number of aryl methyl sites for hydroxylation is 3. The van der Waals surface area contributed by atoms with Crippen LogP contribution in [0.1, 0.15) is 39.7 Å². The van der Waals surface area contributed by atoms with E-state index in [0.717, 1.165) is 12.1 Å². The van der Waals surface area contributed by atoms with Gasteiger partial charge in [-0.15, -0.1) is 11.3 Å². The van der Waals surface area contributed by atoms with Crippen molar-refractivity contribution in [1.29, 1.82) is 0 Å². The molecule has 1 aliphatic rings. The third kappa shape index (κ3) is 2.56. The number of aromatic nitrogens is 1. The minimum atomic E-state index is 0.159. The van der Waals surface area contributed by atoms with Crippen LogP contribution < -0.4 is 11.3 Å². The van der Waals surface area contributed by atoms with Gasteiger partial charge in [-0.25, -0.2) is 4.98 Å². The van der Waals surface area contributed by atoms with Gasteiger partial charge >= 0.3 is 0 Å². The Labute approximate surface area is 117 Å². The van der Waals surface area contributed by atoms with E-state index < -0.39 is 0 Å². The zero-order chi connectivity index (χ0) is 13.2. The van der Waals surface area contributed by atoms with E-state index in [9.17, 15) is 0 Å². The third-order valence-electron chi connectivity index (χ3n) is 3.90. The van der Waals surface area contributed by atoms with Gasteiger partial charge in [-0.2, -0.15) is 0 Å². The van der Waals surface area contributed by atoms with E-state index in [2.05, 4.69) is 28.6 Å². The molecule has 100 valence electrons. The summed E-state index contributed by atoms with van der Waals surface area (Å²) in [6, 6.07) is 7.03. The lowest BCUT2D eigenvalue weighted by molar-refractivity contribution is 0.557. The molecule has 3 rings (SSSR count). The molecule has 3 nitrogen and oxygen atoms in total. The number of benzene rings is 1. The Bertz CT molecular complexity index is 577. The molecule has 1 heterocycles. The van der Waals surface area contributed by atoms with Crippen molar-refractivity contribution in [2.45, 2.75) is 38.6 Å². The van der Waals surface area contributed by atoms with Gasteiger partial charge in [-0.1, -0.05) is 18.2 Å². The number of rotatable bonds is 4. The number of fused-ring (bicyclic) bond motifs is 1. The van der Waals surface area contributed by atoms with Crippen molar-refractivity contribution in [2.75, 3.05) is 0 Å². The largest absolute Gasteiger partial charge is 0.271 e. The Morgan fingerprint density at radius 3 is 2.95 bits per heavy atom. The van der Waals surface area contributed by atoms with Crippen LogP contribution in [0.4, 0.5) is 0 Å². The topological polar surface area (TPSA) is 50.9 Å². The molecule has 0 amide bonds. The molecular formula is C15H19N3S. The molecule has 0 saturated heterocycles. The fourth-order valence-corrected chi connectivity index (χ4v) is 3.72. The highest BCUT2D eigenvalue weighted by atomic mass is 32.1.